The van der Waals surface area contributed by atoms with Crippen LogP contribution in [0.25, 0.3) is 22.3 Å². The minimum atomic E-state index is -2.58. The minimum Gasteiger partial charge on any atom is -1.00 e. The molecule has 0 radical (unpaired) electrons. The van der Waals surface area contributed by atoms with Gasteiger partial charge in [-0.1, -0.05) is 0 Å². The van der Waals surface area contributed by atoms with Gasteiger partial charge in [0, 0.05) is 0 Å². The summed E-state index contributed by atoms with van der Waals surface area (Å²) in [5.41, 5.74) is 22.1. The van der Waals surface area contributed by atoms with Crippen LogP contribution < -0.4 is 24.8 Å². The average Bonchev–Trinajstić information content (AvgIpc) is 3.70. The maximum absolute atomic E-state index is 2.84. The molecule has 1 unspecified atom stereocenters. The van der Waals surface area contributed by atoms with E-state index in [-0.39, 0.29) is 35.6 Å². The van der Waals surface area contributed by atoms with Crippen LogP contribution in [0, 0.1) is 36.0 Å². The molecule has 280 valence electrons. The smallest absolute Gasteiger partial charge is 1.00 e. The van der Waals surface area contributed by atoms with Gasteiger partial charge in [0.2, 0.25) is 0 Å². The van der Waals surface area contributed by atoms with Gasteiger partial charge in [-0.05, 0) is 0 Å². The zero-order valence-electron chi connectivity index (χ0n) is 34.1. The maximum Gasteiger partial charge on any atom is -1.00 e. The number of rotatable bonds is 5. The van der Waals surface area contributed by atoms with Crippen molar-refractivity contribution in [2.45, 2.75) is 125 Å². The molecule has 3 heteroatoms. The van der Waals surface area contributed by atoms with Crippen molar-refractivity contribution in [2.75, 3.05) is 0 Å². The predicted octanol–water partition coefficient (Wildman–Crippen LogP) is 7.22. The third-order valence-electron chi connectivity index (χ3n) is 15.4. The van der Waals surface area contributed by atoms with Gasteiger partial charge >= 0.3 is 324 Å². The topological polar surface area (TPSA) is 0 Å². The van der Waals surface area contributed by atoms with Gasteiger partial charge < -0.3 is 24.8 Å². The fourth-order valence-electron chi connectivity index (χ4n) is 13.6. The molecule has 0 saturated heterocycles. The predicted molar refractivity (Wildman–Crippen MR) is 218 cm³/mol. The molecule has 0 heterocycles. The van der Waals surface area contributed by atoms with Crippen LogP contribution in [0.4, 0.5) is 0 Å². The summed E-state index contributed by atoms with van der Waals surface area (Å²) in [6.07, 6.45) is 16.8. The molecule has 4 bridgehead atoms. The third-order valence-corrected chi connectivity index (χ3v) is 24.2. The van der Waals surface area contributed by atoms with Crippen LogP contribution in [0.2, 0.25) is 0 Å². The molecule has 0 nitrogen and oxygen atoms in total. The Morgan fingerprint density at radius 2 is 1.28 bits per heavy atom. The quantitative estimate of drug-likeness (QED) is 0.200. The summed E-state index contributed by atoms with van der Waals surface area (Å²) < 4.78 is 6.51. The number of fused-ring (bicyclic) bond motifs is 5. The first kappa shape index (κ1) is 38.8. The molecule has 4 saturated carbocycles. The maximum atomic E-state index is 2.84. The van der Waals surface area contributed by atoms with Crippen molar-refractivity contribution in [3.05, 3.63) is 123 Å². The Balaban J connectivity index is 0.00000207. The van der Waals surface area contributed by atoms with Crippen molar-refractivity contribution in [1.29, 1.82) is 0 Å². The van der Waals surface area contributed by atoms with Crippen LogP contribution in [-0.2, 0) is 38.5 Å². The summed E-state index contributed by atoms with van der Waals surface area (Å²) in [5.74, 6) is 3.59. The van der Waals surface area contributed by atoms with E-state index < -0.39 is 21.3 Å². The number of allylic oxidation sites excluding steroid dienone is 8. The number of halogens is 2. The monoisotopic (exact) mass is 830 g/mol. The van der Waals surface area contributed by atoms with Gasteiger partial charge in [-0.3, -0.25) is 0 Å². The summed E-state index contributed by atoms with van der Waals surface area (Å²) in [5, 5.41) is 0. The van der Waals surface area contributed by atoms with Crippen LogP contribution >= 0.6 is 0 Å². The fraction of sp³-hybridized carbons (Fsp3) is 0.471. The Kier molecular flexibility index (Phi) is 9.52. The number of aryl methyl sites for hydroxylation is 1. The largest absolute Gasteiger partial charge is 1.00 e. The normalized spacial score (nSPS) is 28.7. The van der Waals surface area contributed by atoms with E-state index in [4.69, 9.17) is 0 Å². The fourth-order valence-corrected chi connectivity index (χ4v) is 22.4. The molecule has 3 aromatic carbocycles. The standard InChI is InChI=1S/C25H25.C18H25.C8H8.2ClH.Zr/c1-14-12-24(3,4)22-8-16-7-17-9-23-19(15(2)13-25(23,5)6)11-21(17)20(16)10-18(14)22;1-12-3-13(2)17(4-12)11-18-8-14-5-15(9-18)7-16(6-14)10-18;1-7-3-5-8(2)6-4-7;;;/h8-12H,7H2,1-6H3;4,12,14-16H,5-11H2,1-2H3;1,3-6H,2H3;2*1H;/q;;;;;+2/p-2. The minimum absolute atomic E-state index is 0. The van der Waals surface area contributed by atoms with E-state index in [1.165, 1.54) is 101 Å². The molecular formula is C51H58Cl2Zr. The summed E-state index contributed by atoms with van der Waals surface area (Å²) in [7, 11) is 0. The van der Waals surface area contributed by atoms with Crippen molar-refractivity contribution < 1.29 is 46.1 Å². The van der Waals surface area contributed by atoms with Crippen LogP contribution in [0.1, 0.15) is 145 Å². The molecule has 1 atom stereocenters. The second kappa shape index (κ2) is 13.3. The molecule has 54 heavy (non-hydrogen) atoms. The van der Waals surface area contributed by atoms with Crippen molar-refractivity contribution in [3.63, 3.8) is 0 Å². The first-order valence-electron chi connectivity index (χ1n) is 20.7. The van der Waals surface area contributed by atoms with Crippen LogP contribution in [-0.4, -0.2) is 3.71 Å². The zero-order chi connectivity index (χ0) is 36.1. The second-order valence-corrected chi connectivity index (χ2v) is 25.3. The molecule has 3 aromatic rings. The number of hydrogen-bond donors (Lipinski definition) is 0. The Hall–Kier alpha value is -2.05. The van der Waals surface area contributed by atoms with Crippen molar-refractivity contribution in [1.82, 2.24) is 0 Å². The van der Waals surface area contributed by atoms with Gasteiger partial charge in [0.15, 0.2) is 0 Å². The Labute approximate surface area is 346 Å². The molecule has 8 aliphatic carbocycles. The SMILES string of the molecule is CC1=CC(C)(C)c2cc3c(cc21)-c1cc2c(cc1C3)C(C)(C)[C]([Zr+2](=[CH]c1ccc(C)cc1)[C]1=C(C)C(CC34CC5CC(CC(C5)C3)C4)=CC1C)=C2C.[Cl-].[Cl-]. The van der Waals surface area contributed by atoms with Gasteiger partial charge in [-0.15, -0.1) is 0 Å². The summed E-state index contributed by atoms with van der Waals surface area (Å²) >= 11 is -2.58. The molecular weight excluding hydrogens is 775 g/mol. The van der Waals surface area contributed by atoms with Crippen molar-refractivity contribution in [2.24, 2.45) is 29.1 Å². The summed E-state index contributed by atoms with van der Waals surface area (Å²) in [4.78, 5) is 0. The summed E-state index contributed by atoms with van der Waals surface area (Å²) in [6.45, 7) is 22.1. The van der Waals surface area contributed by atoms with Gasteiger partial charge in [0.25, 0.3) is 0 Å². The molecule has 0 aromatic heterocycles. The third kappa shape index (κ3) is 5.86. The zero-order valence-corrected chi connectivity index (χ0v) is 38.0. The van der Waals surface area contributed by atoms with Crippen LogP contribution in [0.3, 0.4) is 0 Å². The van der Waals surface area contributed by atoms with Gasteiger partial charge in [-0.2, -0.15) is 0 Å². The number of hydrogen-bond acceptors (Lipinski definition) is 0. The number of benzene rings is 3. The summed E-state index contributed by atoms with van der Waals surface area (Å²) in [6, 6.07) is 19.8. The molecule has 11 rings (SSSR count). The van der Waals surface area contributed by atoms with E-state index in [1.54, 1.807) is 22.3 Å². The molecule has 0 N–H and O–H groups in total. The second-order valence-electron chi connectivity index (χ2n) is 20.0. The van der Waals surface area contributed by atoms with E-state index >= 15 is 0 Å². The first-order chi connectivity index (χ1) is 24.7. The van der Waals surface area contributed by atoms with Crippen molar-refractivity contribution in [3.8, 4) is 11.1 Å². The Morgan fingerprint density at radius 1 is 0.704 bits per heavy atom. The van der Waals surface area contributed by atoms with Crippen LogP contribution in [0.15, 0.2) is 78.4 Å². The van der Waals surface area contributed by atoms with Gasteiger partial charge in [-0.25, -0.2) is 0 Å². The van der Waals surface area contributed by atoms with Crippen molar-refractivity contribution >= 4 is 14.9 Å². The molecule has 4 fully saturated rings. The van der Waals surface area contributed by atoms with Gasteiger partial charge in [0.1, 0.15) is 0 Å². The van der Waals surface area contributed by atoms with E-state index in [2.05, 4.69) is 127 Å². The Morgan fingerprint density at radius 3 is 1.89 bits per heavy atom. The molecule has 0 amide bonds. The van der Waals surface area contributed by atoms with Crippen LogP contribution in [0.5, 0.6) is 0 Å². The van der Waals surface area contributed by atoms with Gasteiger partial charge in [0.05, 0.1) is 0 Å². The van der Waals surface area contributed by atoms with E-state index in [9.17, 15) is 0 Å². The Bertz CT molecular complexity index is 2230. The van der Waals surface area contributed by atoms with E-state index in [1.807, 2.05) is 6.56 Å². The van der Waals surface area contributed by atoms with E-state index in [0.29, 0.717) is 11.3 Å². The molecule has 8 aliphatic rings. The average molecular weight is 833 g/mol. The molecule has 0 spiro atoms. The van der Waals surface area contributed by atoms with E-state index in [0.717, 1.165) is 24.2 Å². The first-order valence-corrected chi connectivity index (χ1v) is 24.5. The molecule has 0 aliphatic heterocycles.